The van der Waals surface area contributed by atoms with Crippen LogP contribution in [0.25, 0.3) is 0 Å². The first-order valence-corrected chi connectivity index (χ1v) is 9.77. The summed E-state index contributed by atoms with van der Waals surface area (Å²) in [6, 6.07) is 24.9. The van der Waals surface area contributed by atoms with Crippen LogP contribution in [0.2, 0.25) is 0 Å². The first-order chi connectivity index (χ1) is 14.2. The zero-order valence-corrected chi connectivity index (χ0v) is 17.4. The number of methoxy groups -OCH3 is 3. The molecule has 0 aliphatic carbocycles. The summed E-state index contributed by atoms with van der Waals surface area (Å²) in [5, 5.41) is 0. The van der Waals surface area contributed by atoms with Crippen molar-refractivity contribution in [3.05, 3.63) is 101 Å². The fourth-order valence-electron chi connectivity index (χ4n) is 3.24. The molecule has 0 bridgehead atoms. The number of hydrogen-bond acceptors (Lipinski definition) is 3. The van der Waals surface area contributed by atoms with Crippen LogP contribution in [-0.4, -0.2) is 21.3 Å². The first kappa shape index (κ1) is 20.5. The highest BCUT2D eigenvalue weighted by Gasteiger charge is 2.04. The lowest BCUT2D eigenvalue weighted by Gasteiger charge is -2.11. The minimum atomic E-state index is 0.882. The van der Waals surface area contributed by atoms with Crippen LogP contribution in [0.15, 0.2) is 84.4 Å². The van der Waals surface area contributed by atoms with Gasteiger partial charge in [-0.1, -0.05) is 48.0 Å². The van der Waals surface area contributed by atoms with E-state index in [9.17, 15) is 0 Å². The summed E-state index contributed by atoms with van der Waals surface area (Å²) in [5.41, 5.74) is 5.21. The van der Waals surface area contributed by atoms with E-state index in [1.165, 1.54) is 22.3 Å². The van der Waals surface area contributed by atoms with Crippen molar-refractivity contribution in [1.29, 1.82) is 0 Å². The van der Waals surface area contributed by atoms with Crippen LogP contribution < -0.4 is 14.2 Å². The summed E-state index contributed by atoms with van der Waals surface area (Å²) in [4.78, 5) is 0. The Kier molecular flexibility index (Phi) is 7.34. The van der Waals surface area contributed by atoms with Crippen LogP contribution in [-0.2, 0) is 19.3 Å². The molecular weight excluding hydrogens is 360 g/mol. The third-order valence-electron chi connectivity index (χ3n) is 4.97. The predicted molar refractivity (Wildman–Crippen MR) is 118 cm³/mol. The molecule has 0 aromatic heterocycles. The molecule has 0 fully saturated rings. The lowest BCUT2D eigenvalue weighted by atomic mass is 9.96. The maximum absolute atomic E-state index is 5.28. The maximum Gasteiger partial charge on any atom is 0.118 e. The second-order valence-corrected chi connectivity index (χ2v) is 6.96. The zero-order chi connectivity index (χ0) is 20.5. The first-order valence-electron chi connectivity index (χ1n) is 9.77. The summed E-state index contributed by atoms with van der Waals surface area (Å²) >= 11 is 0. The van der Waals surface area contributed by atoms with Gasteiger partial charge in [0.25, 0.3) is 0 Å². The third-order valence-corrected chi connectivity index (χ3v) is 4.97. The quantitative estimate of drug-likeness (QED) is 0.442. The predicted octanol–water partition coefficient (Wildman–Crippen LogP) is 5.67. The van der Waals surface area contributed by atoms with Crippen LogP contribution in [0.5, 0.6) is 17.2 Å². The molecule has 150 valence electrons. The second-order valence-electron chi connectivity index (χ2n) is 6.96. The molecule has 0 N–H and O–H groups in total. The molecule has 0 saturated carbocycles. The number of benzene rings is 3. The van der Waals surface area contributed by atoms with Gasteiger partial charge in [-0.2, -0.15) is 0 Å². The van der Waals surface area contributed by atoms with Gasteiger partial charge in [-0.25, -0.2) is 0 Å². The smallest absolute Gasteiger partial charge is 0.118 e. The van der Waals surface area contributed by atoms with Crippen LogP contribution in [0, 0.1) is 0 Å². The molecule has 0 saturated heterocycles. The molecule has 0 aliphatic rings. The van der Waals surface area contributed by atoms with Crippen LogP contribution in [0.3, 0.4) is 0 Å². The number of allylic oxidation sites excluding steroid dienone is 2. The zero-order valence-electron chi connectivity index (χ0n) is 17.4. The Hall–Kier alpha value is -3.20. The number of rotatable bonds is 9. The Morgan fingerprint density at radius 3 is 1.24 bits per heavy atom. The van der Waals surface area contributed by atoms with Crippen molar-refractivity contribution in [2.45, 2.75) is 19.3 Å². The molecule has 0 aliphatic heterocycles. The van der Waals surface area contributed by atoms with E-state index >= 15 is 0 Å². The van der Waals surface area contributed by atoms with Gasteiger partial charge in [0.1, 0.15) is 17.2 Å². The van der Waals surface area contributed by atoms with Crippen molar-refractivity contribution in [2.24, 2.45) is 0 Å². The molecule has 0 amide bonds. The van der Waals surface area contributed by atoms with Gasteiger partial charge in [0.15, 0.2) is 0 Å². The minimum absolute atomic E-state index is 0.882. The SMILES string of the molecule is COc1ccc(CC=C(Cc2ccc(OC)cc2)Cc2ccc(OC)cc2)cc1. The van der Waals surface area contributed by atoms with Crippen LogP contribution >= 0.6 is 0 Å². The van der Waals surface area contributed by atoms with Gasteiger partial charge < -0.3 is 14.2 Å². The van der Waals surface area contributed by atoms with Gasteiger partial charge in [0.2, 0.25) is 0 Å². The topological polar surface area (TPSA) is 27.7 Å². The Labute approximate surface area is 173 Å². The molecule has 29 heavy (non-hydrogen) atoms. The van der Waals surface area contributed by atoms with Gasteiger partial charge in [0.05, 0.1) is 21.3 Å². The van der Waals surface area contributed by atoms with E-state index in [1.807, 2.05) is 36.4 Å². The second kappa shape index (κ2) is 10.4. The number of ether oxygens (including phenoxy) is 3. The maximum atomic E-state index is 5.28. The van der Waals surface area contributed by atoms with Crippen LogP contribution in [0.4, 0.5) is 0 Å². The van der Waals surface area contributed by atoms with E-state index in [0.29, 0.717) is 0 Å². The van der Waals surface area contributed by atoms with E-state index < -0.39 is 0 Å². The van der Waals surface area contributed by atoms with Crippen LogP contribution in [0.1, 0.15) is 16.7 Å². The van der Waals surface area contributed by atoms with Gasteiger partial charge in [0, 0.05) is 0 Å². The third kappa shape index (κ3) is 6.15. The van der Waals surface area contributed by atoms with E-state index in [1.54, 1.807) is 21.3 Å². The minimum Gasteiger partial charge on any atom is -0.497 e. The fourth-order valence-corrected chi connectivity index (χ4v) is 3.24. The van der Waals surface area contributed by atoms with Crippen molar-refractivity contribution in [2.75, 3.05) is 21.3 Å². The summed E-state index contributed by atoms with van der Waals surface area (Å²) in [6.45, 7) is 0. The molecule has 3 aromatic carbocycles. The lowest BCUT2D eigenvalue weighted by Crippen LogP contribution is -1.98. The van der Waals surface area contributed by atoms with Crippen molar-refractivity contribution < 1.29 is 14.2 Å². The Bertz CT molecular complexity index is 856. The van der Waals surface area contributed by atoms with Crippen molar-refractivity contribution in [3.63, 3.8) is 0 Å². The molecule has 3 nitrogen and oxygen atoms in total. The monoisotopic (exact) mass is 388 g/mol. The molecule has 0 spiro atoms. The highest BCUT2D eigenvalue weighted by Crippen LogP contribution is 2.20. The van der Waals surface area contributed by atoms with Gasteiger partial charge in [-0.05, 0) is 72.4 Å². The van der Waals surface area contributed by atoms with Crippen molar-refractivity contribution in [3.8, 4) is 17.2 Å². The molecule has 3 heteroatoms. The van der Waals surface area contributed by atoms with E-state index in [2.05, 4.69) is 42.5 Å². The Balaban J connectivity index is 1.77. The molecule has 0 radical (unpaired) electrons. The molecule has 0 atom stereocenters. The normalized spacial score (nSPS) is 10.3. The van der Waals surface area contributed by atoms with Crippen molar-refractivity contribution >= 4 is 0 Å². The largest absolute Gasteiger partial charge is 0.497 e. The van der Waals surface area contributed by atoms with E-state index in [-0.39, 0.29) is 0 Å². The van der Waals surface area contributed by atoms with E-state index in [4.69, 9.17) is 14.2 Å². The molecule has 0 heterocycles. The summed E-state index contributed by atoms with van der Waals surface area (Å²) in [5.74, 6) is 2.65. The highest BCUT2D eigenvalue weighted by molar-refractivity contribution is 5.35. The van der Waals surface area contributed by atoms with Gasteiger partial charge >= 0.3 is 0 Å². The standard InChI is InChI=1S/C26H28O3/c1-27-24-12-6-20(7-13-24)4-5-23(18-21-8-14-25(28-2)15-9-21)19-22-10-16-26(29-3)17-11-22/h5-17H,4,18-19H2,1-3H3. The van der Waals surface area contributed by atoms with Crippen molar-refractivity contribution in [1.82, 2.24) is 0 Å². The molecule has 3 rings (SSSR count). The fraction of sp³-hybridized carbons (Fsp3) is 0.231. The molecular formula is C26H28O3. The summed E-state index contributed by atoms with van der Waals surface area (Å²) in [7, 11) is 5.08. The average Bonchev–Trinajstić information content (AvgIpc) is 2.79. The number of hydrogen-bond donors (Lipinski definition) is 0. The molecule has 3 aromatic rings. The summed E-state index contributed by atoms with van der Waals surface area (Å²) in [6.07, 6.45) is 5.06. The lowest BCUT2D eigenvalue weighted by molar-refractivity contribution is 0.414. The Morgan fingerprint density at radius 2 is 0.897 bits per heavy atom. The van der Waals surface area contributed by atoms with E-state index in [0.717, 1.165) is 36.5 Å². The highest BCUT2D eigenvalue weighted by atomic mass is 16.5. The Morgan fingerprint density at radius 1 is 0.552 bits per heavy atom. The summed E-state index contributed by atoms with van der Waals surface area (Å²) < 4.78 is 15.8. The van der Waals surface area contributed by atoms with Gasteiger partial charge in [-0.3, -0.25) is 0 Å². The molecule has 0 unspecified atom stereocenters. The van der Waals surface area contributed by atoms with Gasteiger partial charge in [-0.15, -0.1) is 0 Å². The average molecular weight is 389 g/mol.